The van der Waals surface area contributed by atoms with Gasteiger partial charge in [0.05, 0.1) is 10.3 Å². The van der Waals surface area contributed by atoms with Crippen molar-refractivity contribution in [3.05, 3.63) is 44.8 Å². The van der Waals surface area contributed by atoms with Crippen LogP contribution in [0.4, 0.5) is 0 Å². The fourth-order valence-corrected chi connectivity index (χ4v) is 4.06. The van der Waals surface area contributed by atoms with Crippen LogP contribution in [-0.4, -0.2) is 11.1 Å². The predicted octanol–water partition coefficient (Wildman–Crippen LogP) is 4.42. The molecule has 0 radical (unpaired) electrons. The van der Waals surface area contributed by atoms with Crippen molar-refractivity contribution in [2.45, 2.75) is 32.4 Å². The van der Waals surface area contributed by atoms with Crippen LogP contribution in [0.15, 0.2) is 34.4 Å². The van der Waals surface area contributed by atoms with E-state index in [2.05, 4.69) is 63.3 Å². The monoisotopic (exact) mass is 338 g/mol. The van der Waals surface area contributed by atoms with Gasteiger partial charge in [-0.2, -0.15) is 0 Å². The highest BCUT2D eigenvalue weighted by Gasteiger charge is 2.31. The van der Waals surface area contributed by atoms with E-state index < -0.39 is 0 Å². The predicted molar refractivity (Wildman–Crippen MR) is 84.7 cm³/mol. The minimum absolute atomic E-state index is 0.557. The van der Waals surface area contributed by atoms with E-state index in [0.717, 1.165) is 19.0 Å². The molecule has 1 aliphatic carbocycles. The SMILES string of the molecule is CCNC(c1ccn(Cc2ccc(Br)s2)c1)C1CC1. The molecule has 1 unspecified atom stereocenters. The number of rotatable bonds is 6. The summed E-state index contributed by atoms with van der Waals surface area (Å²) in [7, 11) is 0. The molecule has 1 saturated carbocycles. The molecule has 2 nitrogen and oxygen atoms in total. The molecule has 2 aromatic rings. The van der Waals surface area contributed by atoms with Crippen molar-refractivity contribution in [2.75, 3.05) is 6.54 Å². The number of hydrogen-bond donors (Lipinski definition) is 1. The van der Waals surface area contributed by atoms with Crippen LogP contribution in [0.5, 0.6) is 0 Å². The van der Waals surface area contributed by atoms with E-state index >= 15 is 0 Å². The number of halogens is 1. The first-order valence-corrected chi connectivity index (χ1v) is 8.50. The summed E-state index contributed by atoms with van der Waals surface area (Å²) in [4.78, 5) is 1.39. The third-order valence-electron chi connectivity index (χ3n) is 3.62. The smallest absolute Gasteiger partial charge is 0.0702 e. The summed E-state index contributed by atoms with van der Waals surface area (Å²) >= 11 is 5.33. The third kappa shape index (κ3) is 3.30. The van der Waals surface area contributed by atoms with Crippen LogP contribution in [0.2, 0.25) is 0 Å². The molecule has 102 valence electrons. The van der Waals surface area contributed by atoms with Crippen LogP contribution in [0.25, 0.3) is 0 Å². The van der Waals surface area contributed by atoms with Gasteiger partial charge in [-0.1, -0.05) is 6.92 Å². The van der Waals surface area contributed by atoms with Crippen LogP contribution < -0.4 is 5.32 Å². The zero-order valence-corrected chi connectivity index (χ0v) is 13.5. The summed E-state index contributed by atoms with van der Waals surface area (Å²) in [5.41, 5.74) is 1.44. The van der Waals surface area contributed by atoms with Gasteiger partial charge in [-0.15, -0.1) is 11.3 Å². The second-order valence-corrected chi connectivity index (χ2v) is 7.74. The van der Waals surface area contributed by atoms with Crippen LogP contribution in [0, 0.1) is 5.92 Å². The number of nitrogens with zero attached hydrogens (tertiary/aromatic N) is 1. The minimum atomic E-state index is 0.557. The molecular weight excluding hydrogens is 320 g/mol. The Morgan fingerprint density at radius 3 is 2.89 bits per heavy atom. The molecule has 1 fully saturated rings. The average Bonchev–Trinajstić information content (AvgIpc) is 3.00. The van der Waals surface area contributed by atoms with Gasteiger partial charge in [-0.25, -0.2) is 0 Å². The standard InChI is InChI=1S/C15H19BrN2S/c1-2-17-15(11-3-4-11)12-7-8-18(9-12)10-13-5-6-14(16)19-13/h5-9,11,15,17H,2-4,10H2,1H3. The van der Waals surface area contributed by atoms with Crippen molar-refractivity contribution in [3.63, 3.8) is 0 Å². The molecule has 0 spiro atoms. The first-order valence-electron chi connectivity index (χ1n) is 6.89. The molecule has 0 saturated heterocycles. The molecule has 2 aromatic heterocycles. The lowest BCUT2D eigenvalue weighted by Crippen LogP contribution is -2.22. The van der Waals surface area contributed by atoms with Gasteiger partial charge in [0.2, 0.25) is 0 Å². The number of aromatic nitrogens is 1. The first-order chi connectivity index (χ1) is 9.26. The number of thiophene rings is 1. The zero-order chi connectivity index (χ0) is 13.2. The van der Waals surface area contributed by atoms with Crippen LogP contribution in [-0.2, 0) is 6.54 Å². The van der Waals surface area contributed by atoms with E-state index in [1.54, 1.807) is 0 Å². The van der Waals surface area contributed by atoms with Gasteiger partial charge in [0.1, 0.15) is 0 Å². The van der Waals surface area contributed by atoms with E-state index in [1.807, 2.05) is 11.3 Å². The Balaban J connectivity index is 1.71. The molecule has 0 aromatic carbocycles. The van der Waals surface area contributed by atoms with Crippen LogP contribution >= 0.6 is 27.3 Å². The van der Waals surface area contributed by atoms with E-state index in [0.29, 0.717) is 6.04 Å². The van der Waals surface area contributed by atoms with Crippen molar-refractivity contribution < 1.29 is 0 Å². The van der Waals surface area contributed by atoms with Crippen LogP contribution in [0.3, 0.4) is 0 Å². The van der Waals surface area contributed by atoms with Gasteiger partial charge >= 0.3 is 0 Å². The summed E-state index contributed by atoms with van der Waals surface area (Å²) in [6.07, 6.45) is 7.26. The van der Waals surface area contributed by atoms with E-state index in [9.17, 15) is 0 Å². The van der Waals surface area contributed by atoms with Gasteiger partial charge in [0.25, 0.3) is 0 Å². The molecule has 1 atom stereocenters. The topological polar surface area (TPSA) is 17.0 Å². The van der Waals surface area contributed by atoms with E-state index in [-0.39, 0.29) is 0 Å². The normalized spacial score (nSPS) is 16.7. The van der Waals surface area contributed by atoms with Gasteiger partial charge in [-0.05, 0) is 65.0 Å². The summed E-state index contributed by atoms with van der Waals surface area (Å²) in [5.74, 6) is 0.853. The van der Waals surface area contributed by atoms with Gasteiger partial charge < -0.3 is 9.88 Å². The van der Waals surface area contributed by atoms with Gasteiger partial charge in [-0.3, -0.25) is 0 Å². The Kier molecular flexibility index (Phi) is 4.10. The molecule has 2 heterocycles. The molecule has 3 rings (SSSR count). The van der Waals surface area contributed by atoms with Crippen molar-refractivity contribution in [3.8, 4) is 0 Å². The minimum Gasteiger partial charge on any atom is -0.349 e. The summed E-state index contributed by atoms with van der Waals surface area (Å²) in [6.45, 7) is 4.21. The molecule has 0 aliphatic heterocycles. The largest absolute Gasteiger partial charge is 0.349 e. The summed E-state index contributed by atoms with van der Waals surface area (Å²) in [5, 5.41) is 3.62. The Bertz CT molecular complexity index is 542. The summed E-state index contributed by atoms with van der Waals surface area (Å²) in [6, 6.07) is 7.14. The third-order valence-corrected chi connectivity index (χ3v) is 5.23. The van der Waals surface area contributed by atoms with Crippen LogP contribution in [0.1, 0.15) is 36.2 Å². The summed E-state index contributed by atoms with van der Waals surface area (Å²) < 4.78 is 3.50. The molecular formula is C15H19BrN2S. The molecule has 0 amide bonds. The Morgan fingerprint density at radius 1 is 1.42 bits per heavy atom. The van der Waals surface area contributed by atoms with E-state index in [1.165, 1.54) is 27.1 Å². The fourth-order valence-electron chi connectivity index (χ4n) is 2.56. The molecule has 1 N–H and O–H groups in total. The lowest BCUT2D eigenvalue weighted by atomic mass is 10.1. The Hall–Kier alpha value is -0.580. The molecule has 4 heteroatoms. The lowest BCUT2D eigenvalue weighted by Gasteiger charge is -2.15. The maximum absolute atomic E-state index is 3.62. The zero-order valence-electron chi connectivity index (χ0n) is 11.1. The lowest BCUT2D eigenvalue weighted by molar-refractivity contribution is 0.495. The van der Waals surface area contributed by atoms with Crippen molar-refractivity contribution in [1.82, 2.24) is 9.88 Å². The van der Waals surface area contributed by atoms with Gasteiger partial charge in [0, 0.05) is 23.3 Å². The highest BCUT2D eigenvalue weighted by molar-refractivity contribution is 9.11. The molecule has 19 heavy (non-hydrogen) atoms. The van der Waals surface area contributed by atoms with E-state index in [4.69, 9.17) is 0 Å². The fraction of sp³-hybridized carbons (Fsp3) is 0.467. The van der Waals surface area contributed by atoms with Crippen molar-refractivity contribution in [1.29, 1.82) is 0 Å². The maximum Gasteiger partial charge on any atom is 0.0702 e. The Labute approximate surface area is 127 Å². The van der Waals surface area contributed by atoms with Gasteiger partial charge in [0.15, 0.2) is 0 Å². The van der Waals surface area contributed by atoms with Crippen molar-refractivity contribution in [2.24, 2.45) is 5.92 Å². The maximum atomic E-state index is 3.62. The Morgan fingerprint density at radius 2 is 2.26 bits per heavy atom. The quantitative estimate of drug-likeness (QED) is 0.824. The second-order valence-electron chi connectivity index (χ2n) is 5.20. The van der Waals surface area contributed by atoms with Crippen molar-refractivity contribution >= 4 is 27.3 Å². The molecule has 1 aliphatic rings. The molecule has 0 bridgehead atoms. The first kappa shape index (κ1) is 13.4. The highest BCUT2D eigenvalue weighted by atomic mass is 79.9. The number of hydrogen-bond acceptors (Lipinski definition) is 2. The second kappa shape index (κ2) is 5.81. The average molecular weight is 339 g/mol. The number of nitrogens with one attached hydrogen (secondary N) is 1. The highest BCUT2D eigenvalue weighted by Crippen LogP contribution is 2.41.